The zero-order valence-electron chi connectivity index (χ0n) is 33.3. The molecule has 3 heterocycles. The average molecular weight is 822 g/mol. The summed E-state index contributed by atoms with van der Waals surface area (Å²) < 4.78 is 64.6. The molecule has 0 aliphatic carbocycles. The number of unbranched alkanes of at least 4 members (excludes halogenated alkanes) is 9. The van der Waals surface area contributed by atoms with Crippen LogP contribution in [0.2, 0.25) is 5.28 Å². The van der Waals surface area contributed by atoms with Gasteiger partial charge in [-0.1, -0.05) is 64.7 Å². The number of hydrogen-bond acceptors (Lipinski definition) is 14. The van der Waals surface area contributed by atoms with E-state index in [-0.39, 0.29) is 24.5 Å². The number of imidazole rings is 1. The Morgan fingerprint density at radius 3 is 2.02 bits per heavy atom. The predicted octanol–water partition coefficient (Wildman–Crippen LogP) is 9.28. The Morgan fingerprint density at radius 1 is 0.889 bits per heavy atom. The van der Waals surface area contributed by atoms with Crippen LogP contribution < -0.4 is 5.32 Å². The summed E-state index contributed by atoms with van der Waals surface area (Å²) >= 11 is 6.41. The molecule has 308 valence electrons. The number of hydrogen-bond donors (Lipinski definition) is 1. The zero-order valence-corrected chi connectivity index (χ0v) is 35.8. The second-order valence-corrected chi connectivity index (χ2v) is 19.7. The number of halogens is 1. The maximum Gasteiger partial charge on any atom is 0.340 e. The van der Waals surface area contributed by atoms with E-state index in [0.717, 1.165) is 12.8 Å². The van der Waals surface area contributed by atoms with Gasteiger partial charge < -0.3 is 33.1 Å². The lowest BCUT2D eigenvalue weighted by Gasteiger charge is -2.28. The molecule has 1 unspecified atom stereocenters. The van der Waals surface area contributed by atoms with E-state index in [9.17, 15) is 18.7 Å². The van der Waals surface area contributed by atoms with Crippen molar-refractivity contribution in [2.24, 2.45) is 0 Å². The van der Waals surface area contributed by atoms with E-state index in [1.807, 2.05) is 0 Å². The molecule has 1 saturated heterocycles. The van der Waals surface area contributed by atoms with Crippen molar-refractivity contribution >= 4 is 55.5 Å². The molecule has 0 aromatic carbocycles. The van der Waals surface area contributed by atoms with E-state index < -0.39 is 69.6 Å². The fraction of sp³-hybridized carbons (Fsp3) is 0.806. The predicted molar refractivity (Wildman–Crippen MR) is 209 cm³/mol. The van der Waals surface area contributed by atoms with Crippen LogP contribution in [0.25, 0.3) is 11.2 Å². The van der Waals surface area contributed by atoms with Gasteiger partial charge in [-0.15, -0.1) is 0 Å². The van der Waals surface area contributed by atoms with Crippen LogP contribution in [0, 0.1) is 0 Å². The lowest BCUT2D eigenvalue weighted by molar-refractivity contribution is -0.165. The molecule has 2 aromatic rings. The molecule has 0 radical (unpaired) electrons. The first-order chi connectivity index (χ1) is 25.6. The number of fused-ring (bicyclic) bond motifs is 1. The van der Waals surface area contributed by atoms with Crippen LogP contribution in [-0.4, -0.2) is 87.2 Å². The molecular weight excluding hydrogens is 760 g/mol. The number of carbonyl (C=O) groups is 2. The van der Waals surface area contributed by atoms with Gasteiger partial charge in [-0.25, -0.2) is 4.98 Å². The lowest BCUT2D eigenvalue weighted by atomic mass is 10.1. The summed E-state index contributed by atoms with van der Waals surface area (Å²) in [5.74, 6) is -1.29. The number of aromatic nitrogens is 4. The highest BCUT2D eigenvalue weighted by Crippen LogP contribution is 2.65. The van der Waals surface area contributed by atoms with Crippen molar-refractivity contribution in [3.05, 3.63) is 11.6 Å². The van der Waals surface area contributed by atoms with Crippen molar-refractivity contribution in [3.63, 3.8) is 0 Å². The number of rotatable bonds is 26. The molecule has 0 amide bonds. The zero-order chi connectivity index (χ0) is 39.9. The Kier molecular flexibility index (Phi) is 19.3. The van der Waals surface area contributed by atoms with Crippen LogP contribution >= 0.6 is 26.6 Å². The Balaban J connectivity index is 1.82. The van der Waals surface area contributed by atoms with Crippen molar-refractivity contribution < 1.29 is 46.5 Å². The summed E-state index contributed by atoms with van der Waals surface area (Å²) in [5.41, 5.74) is 0.735. The maximum absolute atomic E-state index is 14.3. The normalized spacial score (nSPS) is 20.1. The van der Waals surface area contributed by atoms with Gasteiger partial charge in [-0.2, -0.15) is 9.97 Å². The van der Waals surface area contributed by atoms with Crippen molar-refractivity contribution in [2.45, 2.75) is 163 Å². The maximum atomic E-state index is 14.3. The quantitative estimate of drug-likeness (QED) is 0.0410. The Morgan fingerprint density at radius 2 is 1.46 bits per heavy atom. The van der Waals surface area contributed by atoms with Crippen LogP contribution in [0.3, 0.4) is 0 Å². The summed E-state index contributed by atoms with van der Waals surface area (Å²) in [6.45, 7) is 14.0. The Bertz CT molecular complexity index is 1560. The molecule has 5 atom stereocenters. The minimum atomic E-state index is -3.85. The minimum absolute atomic E-state index is 0.0148. The van der Waals surface area contributed by atoms with Gasteiger partial charge in [0.2, 0.25) is 12.7 Å². The summed E-state index contributed by atoms with van der Waals surface area (Å²) in [6.07, 6.45) is 8.39. The molecule has 1 aliphatic rings. The van der Waals surface area contributed by atoms with Crippen molar-refractivity contribution in [2.75, 3.05) is 30.5 Å². The molecule has 0 bridgehead atoms. The van der Waals surface area contributed by atoms with Crippen LogP contribution in [0.4, 0.5) is 5.82 Å². The summed E-state index contributed by atoms with van der Waals surface area (Å²) in [6, 6.07) is 0. The molecule has 54 heavy (non-hydrogen) atoms. The molecule has 18 heteroatoms. The van der Waals surface area contributed by atoms with Crippen LogP contribution in [0.1, 0.15) is 132 Å². The van der Waals surface area contributed by atoms with Gasteiger partial charge >= 0.3 is 19.5 Å². The third-order valence-corrected chi connectivity index (χ3v) is 15.1. The van der Waals surface area contributed by atoms with E-state index in [1.165, 1.54) is 71.5 Å². The van der Waals surface area contributed by atoms with E-state index >= 15 is 0 Å². The molecule has 1 aliphatic heterocycles. The van der Waals surface area contributed by atoms with Crippen LogP contribution in [-0.2, 0) is 46.5 Å². The third kappa shape index (κ3) is 14.8. The topological polar surface area (TPSA) is 179 Å². The van der Waals surface area contributed by atoms with Gasteiger partial charge in [0, 0.05) is 26.6 Å². The highest BCUT2D eigenvalue weighted by atomic mass is 35.5. The largest absolute Gasteiger partial charge is 0.456 e. The number of ether oxygens (including phenoxy) is 3. The monoisotopic (exact) mass is 821 g/mol. The van der Waals surface area contributed by atoms with Crippen molar-refractivity contribution in [3.8, 4) is 0 Å². The number of carbonyl (C=O) groups excluding carboxylic acids is 2. The fourth-order valence-corrected chi connectivity index (χ4v) is 12.9. The molecule has 15 nitrogen and oxygen atoms in total. The molecule has 2 aromatic heterocycles. The summed E-state index contributed by atoms with van der Waals surface area (Å²) in [4.78, 5) is 38.2. The third-order valence-electron chi connectivity index (χ3n) is 8.63. The smallest absolute Gasteiger partial charge is 0.340 e. The van der Waals surface area contributed by atoms with E-state index in [1.54, 1.807) is 39.2 Å². The van der Waals surface area contributed by atoms with E-state index in [0.29, 0.717) is 23.5 Å². The molecule has 1 fully saturated rings. The average Bonchev–Trinajstić information content (AvgIpc) is 3.61. The van der Waals surface area contributed by atoms with Gasteiger partial charge in [0.1, 0.15) is 12.0 Å². The second kappa shape index (κ2) is 22.6. The Hall–Kier alpha value is -2.12. The minimum Gasteiger partial charge on any atom is -0.456 e. The van der Waals surface area contributed by atoms with Crippen LogP contribution in [0.15, 0.2) is 6.33 Å². The molecular formula is C36H62ClN5O10P2. The SMILES string of the molecule is CCCCCCCCCCCCNc1nc(Cl)nc2c1ncn2[C@@H]1O[C@H](CCP(=O)(CP(=O)(OC(C)C)OC(C)C)OCC)[C@@H](OC(C)=O)[C@H]1OC(C)=O. The number of nitrogens with zero attached hydrogens (tertiary/aromatic N) is 4. The highest BCUT2D eigenvalue weighted by molar-refractivity contribution is 7.73. The van der Waals surface area contributed by atoms with Gasteiger partial charge in [-0.3, -0.25) is 23.3 Å². The summed E-state index contributed by atoms with van der Waals surface area (Å²) in [5, 5.41) is 3.31. The number of nitrogens with one attached hydrogen (secondary N) is 1. The van der Waals surface area contributed by atoms with Gasteiger partial charge in [0.05, 0.1) is 25.1 Å². The number of esters is 2. The molecule has 0 spiro atoms. The molecule has 0 saturated carbocycles. The summed E-state index contributed by atoms with van der Waals surface area (Å²) in [7, 11) is -7.53. The second-order valence-electron chi connectivity index (χ2n) is 14.3. The first-order valence-corrected chi connectivity index (χ1v) is 23.5. The van der Waals surface area contributed by atoms with E-state index in [2.05, 4.69) is 27.2 Å². The highest BCUT2D eigenvalue weighted by Gasteiger charge is 2.51. The fourth-order valence-electron chi connectivity index (χ4n) is 6.57. The number of anilines is 1. The standard InChI is InChI=1S/C36H62ClN5O10P2/c1-9-11-12-13-14-15-16-17-18-19-21-38-33-30-34(41-36(37)40-33)42(23-39-30)35-32(49-28(8)44)31(48-27(7)43)29(50-35)20-22-53(45,47-10-2)24-54(46,51-25(3)4)52-26(5)6/h23,25-26,29,31-32,35H,9-22,24H2,1-8H3,(H,38,40,41)/t29-,31-,32-,35-,53?/m1/s1. The first-order valence-electron chi connectivity index (χ1n) is 19.4. The van der Waals surface area contributed by atoms with Crippen molar-refractivity contribution in [1.29, 1.82) is 0 Å². The van der Waals surface area contributed by atoms with Gasteiger partial charge in [0.15, 0.2) is 35.4 Å². The lowest BCUT2D eigenvalue weighted by Crippen LogP contribution is -2.39. The Labute approximate surface area is 325 Å². The van der Waals surface area contributed by atoms with Gasteiger partial charge in [0.25, 0.3) is 0 Å². The first kappa shape index (κ1) is 46.3. The van der Waals surface area contributed by atoms with Crippen LogP contribution in [0.5, 0.6) is 0 Å². The molecule has 3 rings (SSSR count). The van der Waals surface area contributed by atoms with Crippen molar-refractivity contribution in [1.82, 2.24) is 19.5 Å². The van der Waals surface area contributed by atoms with Gasteiger partial charge in [-0.05, 0) is 59.1 Å². The molecule has 1 N–H and O–H groups in total. The van der Waals surface area contributed by atoms with E-state index in [4.69, 9.17) is 39.4 Å².